The third-order valence-electron chi connectivity index (χ3n) is 2.21. The molecule has 0 amide bonds. The van der Waals surface area contributed by atoms with Crippen LogP contribution in [0.5, 0.6) is 0 Å². The van der Waals surface area contributed by atoms with E-state index in [0.29, 0.717) is 0 Å². The molecule has 0 aromatic heterocycles. The molecule has 0 unspecified atom stereocenters. The van der Waals surface area contributed by atoms with Crippen molar-refractivity contribution in [3.63, 3.8) is 0 Å². The molecule has 4 nitrogen and oxygen atoms in total. The molecule has 1 saturated heterocycles. The van der Waals surface area contributed by atoms with Crippen LogP contribution in [0, 0.1) is 0 Å². The lowest BCUT2D eigenvalue weighted by Gasteiger charge is -2.34. The molecule has 0 radical (unpaired) electrons. The zero-order valence-electron chi connectivity index (χ0n) is 6.67. The van der Waals surface area contributed by atoms with Gasteiger partial charge in [-0.2, -0.15) is 0 Å². The quantitative estimate of drug-likeness (QED) is 0.453. The molecule has 0 saturated carbocycles. The monoisotopic (exact) mass is 144 g/mol. The number of rotatable bonds is 1. The fourth-order valence-electron chi connectivity index (χ4n) is 1.28. The Hall–Kier alpha value is -0.160. The number of nitrogens with zero attached hydrogens (tertiary/aromatic N) is 2. The molecule has 1 heterocycles. The predicted molar refractivity (Wildman–Crippen MR) is 41.0 cm³/mol. The van der Waals surface area contributed by atoms with Crippen LogP contribution >= 0.6 is 0 Å². The summed E-state index contributed by atoms with van der Waals surface area (Å²) in [5, 5.41) is 0. The van der Waals surface area contributed by atoms with Crippen LogP contribution in [-0.4, -0.2) is 42.4 Å². The van der Waals surface area contributed by atoms with E-state index in [9.17, 15) is 0 Å². The topological polar surface area (TPSA) is 58.5 Å². The molecule has 0 spiro atoms. The Bertz CT molecular complexity index is 123. The number of hydrogen-bond donors (Lipinski definition) is 2. The smallest absolute Gasteiger partial charge is 0.181 e. The maximum Gasteiger partial charge on any atom is 0.181 e. The van der Waals surface area contributed by atoms with Crippen LogP contribution in [0.3, 0.4) is 0 Å². The van der Waals surface area contributed by atoms with E-state index in [1.807, 2.05) is 16.8 Å². The van der Waals surface area contributed by atoms with Gasteiger partial charge < -0.3 is 0 Å². The van der Waals surface area contributed by atoms with E-state index in [2.05, 4.69) is 6.92 Å². The maximum atomic E-state index is 5.81. The zero-order valence-corrected chi connectivity index (χ0v) is 6.67. The minimum Gasteiger partial charge on any atom is -0.288 e. The molecule has 0 aromatic rings. The fourth-order valence-corrected chi connectivity index (χ4v) is 1.28. The minimum atomic E-state index is -0.714. The van der Waals surface area contributed by atoms with Gasteiger partial charge in [0.2, 0.25) is 0 Å². The lowest BCUT2D eigenvalue weighted by molar-refractivity contribution is 0.0463. The SMILES string of the molecule is CCN1CCN(C)C1(N)N. The van der Waals surface area contributed by atoms with E-state index in [0.717, 1.165) is 19.6 Å². The minimum absolute atomic E-state index is 0.714. The lowest BCUT2D eigenvalue weighted by Crippen LogP contribution is -2.66. The highest BCUT2D eigenvalue weighted by molar-refractivity contribution is 4.83. The molecule has 0 aliphatic carbocycles. The fraction of sp³-hybridized carbons (Fsp3) is 1.00. The molecule has 10 heavy (non-hydrogen) atoms. The Labute approximate surface area is 61.8 Å². The van der Waals surface area contributed by atoms with Crippen LogP contribution in [0.1, 0.15) is 6.92 Å². The second kappa shape index (κ2) is 2.47. The summed E-state index contributed by atoms with van der Waals surface area (Å²) in [5.41, 5.74) is 11.6. The average Bonchev–Trinajstić information content (AvgIpc) is 2.10. The molecule has 1 fully saturated rings. The Kier molecular flexibility index (Phi) is 1.96. The molecule has 1 rings (SSSR count). The molecule has 0 aromatic carbocycles. The highest BCUT2D eigenvalue weighted by atomic mass is 15.6. The van der Waals surface area contributed by atoms with E-state index in [1.54, 1.807) is 0 Å². The van der Waals surface area contributed by atoms with Crippen molar-refractivity contribution in [1.82, 2.24) is 9.80 Å². The molecule has 1 aliphatic heterocycles. The van der Waals surface area contributed by atoms with Crippen molar-refractivity contribution in [1.29, 1.82) is 0 Å². The van der Waals surface area contributed by atoms with Gasteiger partial charge in [-0.1, -0.05) is 6.92 Å². The van der Waals surface area contributed by atoms with Crippen molar-refractivity contribution in [2.45, 2.75) is 12.8 Å². The number of likely N-dealkylation sites (N-methyl/N-ethyl adjacent to an activating group) is 2. The molecule has 0 bridgehead atoms. The second-order valence-electron chi connectivity index (χ2n) is 2.78. The Balaban J connectivity index is 2.64. The van der Waals surface area contributed by atoms with Gasteiger partial charge in [0.05, 0.1) is 0 Å². The van der Waals surface area contributed by atoms with Crippen LogP contribution in [-0.2, 0) is 0 Å². The summed E-state index contributed by atoms with van der Waals surface area (Å²) in [4.78, 5) is 4.00. The lowest BCUT2D eigenvalue weighted by atomic mass is 10.5. The third kappa shape index (κ3) is 1.03. The highest BCUT2D eigenvalue weighted by Crippen LogP contribution is 2.12. The molecule has 4 heteroatoms. The summed E-state index contributed by atoms with van der Waals surface area (Å²) < 4.78 is 0. The second-order valence-corrected chi connectivity index (χ2v) is 2.78. The molecule has 0 atom stereocenters. The molecule has 60 valence electrons. The van der Waals surface area contributed by atoms with Gasteiger partial charge in [0.15, 0.2) is 5.91 Å². The Morgan fingerprint density at radius 1 is 1.40 bits per heavy atom. The van der Waals surface area contributed by atoms with Crippen LogP contribution < -0.4 is 11.5 Å². The summed E-state index contributed by atoms with van der Waals surface area (Å²) in [7, 11) is 1.94. The van der Waals surface area contributed by atoms with Crippen molar-refractivity contribution < 1.29 is 0 Å². The first kappa shape index (κ1) is 7.94. The first-order valence-corrected chi connectivity index (χ1v) is 3.63. The molecular formula is C6H16N4. The van der Waals surface area contributed by atoms with Crippen molar-refractivity contribution in [3.05, 3.63) is 0 Å². The van der Waals surface area contributed by atoms with Crippen molar-refractivity contribution >= 4 is 0 Å². The van der Waals surface area contributed by atoms with E-state index in [1.165, 1.54) is 0 Å². The van der Waals surface area contributed by atoms with Gasteiger partial charge in [-0.15, -0.1) is 0 Å². The molecular weight excluding hydrogens is 128 g/mol. The standard InChI is InChI=1S/C6H16N4/c1-3-10-5-4-9(2)6(10,7)8/h3-5,7-8H2,1-2H3. The van der Waals surface area contributed by atoms with E-state index < -0.39 is 5.91 Å². The largest absolute Gasteiger partial charge is 0.288 e. The van der Waals surface area contributed by atoms with E-state index in [-0.39, 0.29) is 0 Å². The van der Waals surface area contributed by atoms with Gasteiger partial charge in [0, 0.05) is 13.1 Å². The maximum absolute atomic E-state index is 5.81. The van der Waals surface area contributed by atoms with Crippen LogP contribution in [0.4, 0.5) is 0 Å². The first-order chi connectivity index (χ1) is 4.59. The highest BCUT2D eigenvalue weighted by Gasteiger charge is 2.36. The van der Waals surface area contributed by atoms with Crippen LogP contribution in [0.25, 0.3) is 0 Å². The van der Waals surface area contributed by atoms with E-state index >= 15 is 0 Å². The Morgan fingerprint density at radius 2 is 2.00 bits per heavy atom. The normalized spacial score (nSPS) is 27.6. The Morgan fingerprint density at radius 3 is 2.20 bits per heavy atom. The first-order valence-electron chi connectivity index (χ1n) is 3.63. The van der Waals surface area contributed by atoms with Gasteiger partial charge in [0.1, 0.15) is 0 Å². The van der Waals surface area contributed by atoms with Gasteiger partial charge >= 0.3 is 0 Å². The predicted octanol–water partition coefficient (Wildman–Crippen LogP) is -1.22. The molecule has 4 N–H and O–H groups in total. The van der Waals surface area contributed by atoms with Crippen molar-refractivity contribution in [2.24, 2.45) is 11.5 Å². The molecule has 1 aliphatic rings. The zero-order chi connectivity index (χ0) is 7.78. The van der Waals surface area contributed by atoms with Crippen molar-refractivity contribution in [2.75, 3.05) is 26.7 Å². The summed E-state index contributed by atoms with van der Waals surface area (Å²) in [6.45, 7) is 4.91. The summed E-state index contributed by atoms with van der Waals surface area (Å²) in [6.07, 6.45) is 0. The summed E-state index contributed by atoms with van der Waals surface area (Å²) in [6, 6.07) is 0. The van der Waals surface area contributed by atoms with Crippen LogP contribution in [0.2, 0.25) is 0 Å². The van der Waals surface area contributed by atoms with Gasteiger partial charge in [-0.3, -0.25) is 21.3 Å². The number of hydrogen-bond acceptors (Lipinski definition) is 4. The van der Waals surface area contributed by atoms with Gasteiger partial charge in [-0.25, -0.2) is 0 Å². The summed E-state index contributed by atoms with van der Waals surface area (Å²) in [5.74, 6) is -0.714. The van der Waals surface area contributed by atoms with Gasteiger partial charge in [-0.05, 0) is 13.6 Å². The van der Waals surface area contributed by atoms with Gasteiger partial charge in [0.25, 0.3) is 0 Å². The van der Waals surface area contributed by atoms with E-state index in [4.69, 9.17) is 11.5 Å². The average molecular weight is 144 g/mol. The third-order valence-corrected chi connectivity index (χ3v) is 2.21. The van der Waals surface area contributed by atoms with Crippen molar-refractivity contribution in [3.8, 4) is 0 Å². The van der Waals surface area contributed by atoms with Crippen LogP contribution in [0.15, 0.2) is 0 Å². The summed E-state index contributed by atoms with van der Waals surface area (Å²) >= 11 is 0. The number of nitrogens with two attached hydrogens (primary N) is 2.